The predicted molar refractivity (Wildman–Crippen MR) is 140 cm³/mol. The molecule has 0 radical (unpaired) electrons. The fraction of sp³-hybridized carbons (Fsp3) is 0.556. The van der Waals surface area contributed by atoms with Crippen molar-refractivity contribution >= 4 is 31.3 Å². The first-order chi connectivity index (χ1) is 22.5. The van der Waals surface area contributed by atoms with Gasteiger partial charge in [-0.25, -0.2) is 22.5 Å². The number of phosphoric ester groups is 2. The standard InChI is InChI=1S/C18H26N4O23P4.4Na/c23-9-1-3-21(17(29)19-9)15-13(27)11(25)7(41-15)5-39-46(31,32)43-48(35,36)45-49(37,38)44-47(33,34)40-6-8-12(26)14(28)16(42-8)22-4-2-10(24)20-18(22)30;;;;/h1-4,7-8,11-16,25-28H,5-6H2,(H,31,32)(H,33,34)(H,35,36)(H,37,38)(H,19,23,29)(H,20,24,30);;;;/q;4*+1/p-4/t7-,8-,11+,12?,13?,14?,15-,16-;;;;/m1..../s1. The number of phosphoric acid groups is 4. The molecule has 0 aromatic carbocycles. The summed E-state index contributed by atoms with van der Waals surface area (Å²) in [4.78, 5) is 97.9. The van der Waals surface area contributed by atoms with Gasteiger partial charge in [0.2, 0.25) is 0 Å². The van der Waals surface area contributed by atoms with Crippen molar-refractivity contribution in [3.8, 4) is 0 Å². The molecule has 27 nitrogen and oxygen atoms in total. The number of nitrogens with zero attached hydrogens (tertiary/aromatic N) is 2. The average molecular weight is 878 g/mol. The number of hydrogen-bond acceptors (Lipinski definition) is 23. The van der Waals surface area contributed by atoms with Gasteiger partial charge in [0.1, 0.15) is 36.6 Å². The van der Waals surface area contributed by atoms with E-state index in [0.29, 0.717) is 9.13 Å². The summed E-state index contributed by atoms with van der Waals surface area (Å²) in [6.45, 7) is -2.66. The maximum absolute atomic E-state index is 12.0. The Hall–Kier alpha value is 1.68. The molecule has 0 spiro atoms. The Balaban J connectivity index is 0.00000676. The molecule has 2 aliphatic rings. The maximum atomic E-state index is 12.0. The zero-order valence-electron chi connectivity index (χ0n) is 27.6. The molecule has 0 aliphatic carbocycles. The molecule has 53 heavy (non-hydrogen) atoms. The summed E-state index contributed by atoms with van der Waals surface area (Å²) in [7, 11) is -25.6. The van der Waals surface area contributed by atoms with Crippen LogP contribution in [0.1, 0.15) is 12.5 Å². The molecule has 0 saturated carbocycles. The van der Waals surface area contributed by atoms with Crippen LogP contribution in [-0.4, -0.2) is 89.4 Å². The first-order valence-corrected chi connectivity index (χ1v) is 18.7. The van der Waals surface area contributed by atoms with Gasteiger partial charge in [-0.15, -0.1) is 0 Å². The second kappa shape index (κ2) is 21.8. The van der Waals surface area contributed by atoms with E-state index in [1.165, 1.54) is 0 Å². The SMILES string of the molecule is O=c1ccn([C@@H]2O[C@H](COP(=O)([O-])OP(=O)([O-])OP(=O)([O-])OP(=O)([O-])OC[C@H]3O[C@@H](n4ccc(=O)[nH]c4=O)C(O)[C@H]3O)C(O)C2O)c(=O)[nH]1.[Na+].[Na+].[Na+].[Na+]. The summed E-state index contributed by atoms with van der Waals surface area (Å²) in [5.41, 5.74) is -3.89. The minimum atomic E-state index is -6.64. The van der Waals surface area contributed by atoms with E-state index in [4.69, 9.17) is 9.47 Å². The molecule has 2 fully saturated rings. The van der Waals surface area contributed by atoms with Crippen LogP contribution in [0.15, 0.2) is 43.7 Å². The van der Waals surface area contributed by atoms with Gasteiger partial charge in [-0.05, 0) is 0 Å². The number of ether oxygens (including phenoxy) is 2. The van der Waals surface area contributed by atoms with Crippen molar-refractivity contribution in [3.05, 3.63) is 66.2 Å². The van der Waals surface area contributed by atoms with Crippen molar-refractivity contribution < 1.29 is 208 Å². The average Bonchev–Trinajstić information content (AvgIpc) is 3.38. The van der Waals surface area contributed by atoms with Crippen LogP contribution in [0.4, 0.5) is 0 Å². The summed E-state index contributed by atoms with van der Waals surface area (Å²) < 4.78 is 78.3. The fourth-order valence-electron chi connectivity index (χ4n) is 4.22. The van der Waals surface area contributed by atoms with Crippen LogP contribution in [-0.2, 0) is 49.7 Å². The molecule has 7 unspecified atom stereocenters. The summed E-state index contributed by atoms with van der Waals surface area (Å²) in [5.74, 6) is 0. The van der Waals surface area contributed by atoms with E-state index in [2.05, 4.69) is 22.0 Å². The molecule has 276 valence electrons. The molecule has 2 aliphatic heterocycles. The number of nitrogens with one attached hydrogen (secondary N) is 2. The second-order valence-electron chi connectivity index (χ2n) is 9.75. The minimum absolute atomic E-state index is 0. The van der Waals surface area contributed by atoms with E-state index in [0.717, 1.165) is 24.5 Å². The number of aliphatic hydroxyl groups is 4. The van der Waals surface area contributed by atoms with Gasteiger partial charge in [-0.1, -0.05) is 0 Å². The summed E-state index contributed by atoms with van der Waals surface area (Å²) >= 11 is 0. The Kier molecular flexibility index (Phi) is 22.5. The molecular formula is C18H22N4Na4O23P4. The Morgan fingerprint density at radius 2 is 0.887 bits per heavy atom. The van der Waals surface area contributed by atoms with Gasteiger partial charge in [0.25, 0.3) is 42.4 Å². The number of hydrogen-bond donors (Lipinski definition) is 6. The number of rotatable bonds is 14. The Bertz CT molecular complexity index is 1840. The molecule has 2 aromatic heterocycles. The van der Waals surface area contributed by atoms with Crippen molar-refractivity contribution in [2.45, 2.75) is 49.1 Å². The molecular weight excluding hydrogens is 856 g/mol. The van der Waals surface area contributed by atoms with Crippen LogP contribution in [0.25, 0.3) is 0 Å². The number of aromatic nitrogens is 4. The van der Waals surface area contributed by atoms with Crippen LogP contribution < -0.4 is 160 Å². The molecule has 35 heteroatoms. The van der Waals surface area contributed by atoms with Gasteiger partial charge >= 0.3 is 130 Å². The van der Waals surface area contributed by atoms with E-state index in [1.54, 1.807) is 0 Å². The van der Waals surface area contributed by atoms with E-state index >= 15 is 0 Å². The van der Waals surface area contributed by atoms with Gasteiger partial charge in [-0.3, -0.25) is 47.0 Å². The van der Waals surface area contributed by atoms with E-state index < -0.39 is 116 Å². The van der Waals surface area contributed by atoms with Crippen LogP contribution in [0.3, 0.4) is 0 Å². The smallest absolute Gasteiger partial charge is 0.756 e. The minimum Gasteiger partial charge on any atom is -0.756 e. The van der Waals surface area contributed by atoms with Crippen molar-refractivity contribution in [1.82, 2.24) is 19.1 Å². The largest absolute Gasteiger partial charge is 1.00 e. The molecule has 2 aromatic rings. The van der Waals surface area contributed by atoms with Crippen molar-refractivity contribution in [1.29, 1.82) is 0 Å². The van der Waals surface area contributed by atoms with Crippen molar-refractivity contribution in [2.24, 2.45) is 0 Å². The third-order valence-corrected chi connectivity index (χ3v) is 12.0. The third-order valence-electron chi connectivity index (χ3n) is 6.32. The Morgan fingerprint density at radius 3 is 1.19 bits per heavy atom. The van der Waals surface area contributed by atoms with E-state index in [1.807, 2.05) is 9.97 Å². The monoisotopic (exact) mass is 878 g/mol. The van der Waals surface area contributed by atoms with Gasteiger partial charge < -0.3 is 58.5 Å². The Labute approximate surface area is 382 Å². The molecule has 12 atom stereocenters. The van der Waals surface area contributed by atoms with E-state index in [9.17, 15) is 77.4 Å². The quantitative estimate of drug-likeness (QED) is 0.0758. The first kappa shape index (κ1) is 54.7. The van der Waals surface area contributed by atoms with E-state index in [-0.39, 0.29) is 118 Å². The van der Waals surface area contributed by atoms with Gasteiger partial charge in [-0.2, -0.15) is 0 Å². The molecule has 2 saturated heterocycles. The molecule has 6 N–H and O–H groups in total. The summed E-state index contributed by atoms with van der Waals surface area (Å²) in [6, 6.07) is 1.68. The van der Waals surface area contributed by atoms with Gasteiger partial charge in [0.05, 0.1) is 13.2 Å². The number of H-pyrrole nitrogens is 2. The maximum Gasteiger partial charge on any atom is 1.00 e. The normalized spacial score (nSPS) is 29.7. The summed E-state index contributed by atoms with van der Waals surface area (Å²) in [6.07, 6.45) is -13.2. The zero-order valence-corrected chi connectivity index (χ0v) is 39.1. The van der Waals surface area contributed by atoms with Crippen LogP contribution in [0.2, 0.25) is 0 Å². The van der Waals surface area contributed by atoms with Crippen LogP contribution in [0, 0.1) is 0 Å². The fourth-order valence-corrected chi connectivity index (χ4v) is 8.97. The number of aliphatic hydroxyl groups excluding tert-OH is 4. The summed E-state index contributed by atoms with van der Waals surface area (Å²) in [5, 5.41) is 40.5. The van der Waals surface area contributed by atoms with Crippen molar-refractivity contribution in [2.75, 3.05) is 13.2 Å². The first-order valence-electron chi connectivity index (χ1n) is 12.8. The van der Waals surface area contributed by atoms with Crippen molar-refractivity contribution in [3.63, 3.8) is 0 Å². The van der Waals surface area contributed by atoms with Crippen LogP contribution in [0.5, 0.6) is 0 Å². The predicted octanol–water partition coefficient (Wildman–Crippen LogP) is -18.7. The topological polar surface area (TPSA) is 416 Å². The van der Waals surface area contributed by atoms with Crippen LogP contribution >= 0.6 is 31.3 Å². The third kappa shape index (κ3) is 15.0. The Morgan fingerprint density at radius 1 is 0.585 bits per heavy atom. The van der Waals surface area contributed by atoms with Gasteiger partial charge in [0.15, 0.2) is 12.5 Å². The molecule has 0 bridgehead atoms. The zero-order chi connectivity index (χ0) is 36.7. The molecule has 4 rings (SSSR count). The van der Waals surface area contributed by atoms with Gasteiger partial charge in [0, 0.05) is 24.5 Å². The second-order valence-corrected chi connectivity index (χ2v) is 15.8. The molecule has 0 amide bonds. The number of aromatic amines is 2. The molecule has 4 heterocycles.